The number of hydrogen-bond donors (Lipinski definition) is 2. The molecule has 2 rings (SSSR count). The van der Waals surface area contributed by atoms with E-state index in [4.69, 9.17) is 21.4 Å². The van der Waals surface area contributed by atoms with Crippen LogP contribution in [0.25, 0.3) is 0 Å². The van der Waals surface area contributed by atoms with Crippen LogP contribution >= 0.6 is 38.9 Å². The lowest BCUT2D eigenvalue weighted by Gasteiger charge is -2.11. The monoisotopic (exact) mass is 403 g/mol. The zero-order valence-electron chi connectivity index (χ0n) is 10.0. The highest BCUT2D eigenvalue weighted by molar-refractivity contribution is 9.11. The highest BCUT2D eigenvalue weighted by atomic mass is 79.9. The van der Waals surface area contributed by atoms with Gasteiger partial charge >= 0.3 is 5.97 Å². The lowest BCUT2D eigenvalue weighted by atomic mass is 10.2. The van der Waals surface area contributed by atoms with Crippen molar-refractivity contribution in [1.29, 1.82) is 0 Å². The molecule has 0 aliphatic carbocycles. The predicted octanol–water partition coefficient (Wildman–Crippen LogP) is 2.07. The van der Waals surface area contributed by atoms with Gasteiger partial charge in [-0.1, -0.05) is 11.6 Å². The van der Waals surface area contributed by atoms with Gasteiger partial charge in [-0.15, -0.1) is 11.3 Å². The molecule has 1 aromatic rings. The summed E-state index contributed by atoms with van der Waals surface area (Å²) in [5, 5.41) is 9.12. The molecule has 1 aromatic heterocycles. The predicted molar refractivity (Wildman–Crippen MR) is 77.7 cm³/mol. The van der Waals surface area contributed by atoms with E-state index in [-0.39, 0.29) is 10.8 Å². The number of ether oxygens (including phenoxy) is 1. The molecule has 2 N–H and O–H groups in total. The molecular formula is C10H11BrClNO5S2. The molecule has 2 atom stereocenters. The summed E-state index contributed by atoms with van der Waals surface area (Å²) in [7, 11) is -3.66. The van der Waals surface area contributed by atoms with Crippen LogP contribution in [0.2, 0.25) is 5.02 Å². The Kier molecular flexibility index (Phi) is 5.09. The van der Waals surface area contributed by atoms with Gasteiger partial charge in [0, 0.05) is 6.54 Å². The zero-order chi connectivity index (χ0) is 14.9. The molecule has 0 amide bonds. The summed E-state index contributed by atoms with van der Waals surface area (Å²) in [4.78, 5) is 10.7. The van der Waals surface area contributed by atoms with Crippen LogP contribution in [0.4, 0.5) is 0 Å². The molecule has 1 fully saturated rings. The SMILES string of the molecule is O=C(O)C1CCC(CNS(=O)(=O)c2cc(Cl)c(Br)s2)O1. The van der Waals surface area contributed by atoms with Crippen LogP contribution in [0.1, 0.15) is 12.8 Å². The zero-order valence-corrected chi connectivity index (χ0v) is 14.0. The molecule has 1 aliphatic heterocycles. The minimum absolute atomic E-state index is 0.0409. The maximum atomic E-state index is 12.0. The van der Waals surface area contributed by atoms with Gasteiger partial charge in [-0.3, -0.25) is 0 Å². The molecule has 0 radical (unpaired) electrons. The Hall–Kier alpha value is -0.190. The van der Waals surface area contributed by atoms with Crippen LogP contribution in [0, 0.1) is 0 Å². The van der Waals surface area contributed by atoms with Crippen molar-refractivity contribution in [3.8, 4) is 0 Å². The third kappa shape index (κ3) is 3.71. The smallest absolute Gasteiger partial charge is 0.332 e. The van der Waals surface area contributed by atoms with E-state index in [1.165, 1.54) is 6.07 Å². The van der Waals surface area contributed by atoms with Crippen molar-refractivity contribution in [2.24, 2.45) is 0 Å². The van der Waals surface area contributed by atoms with Gasteiger partial charge in [-0.05, 0) is 34.8 Å². The molecule has 0 bridgehead atoms. The summed E-state index contributed by atoms with van der Waals surface area (Å²) in [6.45, 7) is 0.0409. The van der Waals surface area contributed by atoms with Crippen LogP contribution in [-0.2, 0) is 19.6 Å². The van der Waals surface area contributed by atoms with Crippen molar-refractivity contribution in [3.05, 3.63) is 14.9 Å². The average Bonchev–Trinajstić information content (AvgIpc) is 2.95. The highest BCUT2D eigenvalue weighted by Gasteiger charge is 2.31. The number of carboxylic acid groups (broad SMARTS) is 1. The third-order valence-corrected chi connectivity index (χ3v) is 7.14. The van der Waals surface area contributed by atoms with E-state index < -0.39 is 28.2 Å². The first-order valence-electron chi connectivity index (χ1n) is 5.62. The van der Waals surface area contributed by atoms with E-state index in [9.17, 15) is 13.2 Å². The first-order valence-corrected chi connectivity index (χ1v) is 9.09. The quantitative estimate of drug-likeness (QED) is 0.784. The van der Waals surface area contributed by atoms with Gasteiger partial charge in [0.2, 0.25) is 10.0 Å². The molecule has 10 heteroatoms. The van der Waals surface area contributed by atoms with Crippen LogP contribution in [0.15, 0.2) is 14.1 Å². The minimum Gasteiger partial charge on any atom is -0.479 e. The molecule has 6 nitrogen and oxygen atoms in total. The maximum Gasteiger partial charge on any atom is 0.332 e. The molecule has 0 aromatic carbocycles. The molecule has 0 saturated carbocycles. The topological polar surface area (TPSA) is 92.7 Å². The largest absolute Gasteiger partial charge is 0.479 e. The van der Waals surface area contributed by atoms with E-state index in [2.05, 4.69) is 20.7 Å². The fourth-order valence-corrected chi connectivity index (χ4v) is 5.28. The van der Waals surface area contributed by atoms with Crippen LogP contribution in [0.3, 0.4) is 0 Å². The third-order valence-electron chi connectivity index (χ3n) is 2.77. The van der Waals surface area contributed by atoms with Gasteiger partial charge in [-0.25, -0.2) is 17.9 Å². The van der Waals surface area contributed by atoms with E-state index in [1.54, 1.807) is 0 Å². The number of thiophene rings is 1. The lowest BCUT2D eigenvalue weighted by molar-refractivity contribution is -0.149. The Morgan fingerprint density at radius 1 is 1.60 bits per heavy atom. The highest BCUT2D eigenvalue weighted by Crippen LogP contribution is 2.34. The molecule has 112 valence electrons. The molecule has 0 spiro atoms. The molecule has 1 saturated heterocycles. The first-order chi connectivity index (χ1) is 9.29. The summed E-state index contributed by atoms with van der Waals surface area (Å²) in [5.74, 6) is -1.02. The number of nitrogens with one attached hydrogen (secondary N) is 1. The molecule has 2 unspecified atom stereocenters. The van der Waals surface area contributed by atoms with E-state index in [0.29, 0.717) is 21.7 Å². The summed E-state index contributed by atoms with van der Waals surface area (Å²) >= 11 is 9.96. The number of carbonyl (C=O) groups is 1. The van der Waals surface area contributed by atoms with E-state index in [1.807, 2.05) is 0 Å². The van der Waals surface area contributed by atoms with E-state index in [0.717, 1.165) is 11.3 Å². The second kappa shape index (κ2) is 6.29. The fourth-order valence-electron chi connectivity index (χ4n) is 1.77. The minimum atomic E-state index is -3.66. The molecular weight excluding hydrogens is 394 g/mol. The number of carboxylic acids is 1. The summed E-state index contributed by atoms with van der Waals surface area (Å²) in [6, 6.07) is 1.36. The second-order valence-corrected chi connectivity index (χ2v) is 8.97. The van der Waals surface area contributed by atoms with Crippen molar-refractivity contribution in [3.63, 3.8) is 0 Å². The summed E-state index contributed by atoms with van der Waals surface area (Å²) < 4.78 is 32.3. The Labute approximate surface area is 133 Å². The standard InChI is InChI=1S/C10H11BrClNO5S2/c11-9-6(12)3-8(19-9)20(16,17)13-4-5-1-2-7(18-5)10(14)15/h3,5,7,13H,1-2,4H2,(H,14,15). The number of rotatable bonds is 5. The van der Waals surface area contributed by atoms with Gasteiger partial charge in [0.25, 0.3) is 0 Å². The Bertz CT molecular complexity index is 598. The Morgan fingerprint density at radius 3 is 2.80 bits per heavy atom. The maximum absolute atomic E-state index is 12.0. The fraction of sp³-hybridized carbons (Fsp3) is 0.500. The number of halogens is 2. The van der Waals surface area contributed by atoms with Crippen molar-refractivity contribution in [2.75, 3.05) is 6.54 Å². The van der Waals surface area contributed by atoms with Crippen LogP contribution < -0.4 is 4.72 Å². The van der Waals surface area contributed by atoms with Gasteiger partial charge < -0.3 is 9.84 Å². The summed E-state index contributed by atoms with van der Waals surface area (Å²) in [6.07, 6.45) is -0.383. The molecule has 20 heavy (non-hydrogen) atoms. The molecule has 2 heterocycles. The van der Waals surface area contributed by atoms with Gasteiger partial charge in [0.1, 0.15) is 4.21 Å². The van der Waals surface area contributed by atoms with Gasteiger partial charge in [0.05, 0.1) is 14.9 Å². The number of aliphatic carboxylic acids is 1. The average molecular weight is 405 g/mol. The normalized spacial score (nSPS) is 23.1. The molecule has 1 aliphatic rings. The summed E-state index contributed by atoms with van der Waals surface area (Å²) in [5.41, 5.74) is 0. The van der Waals surface area contributed by atoms with Gasteiger partial charge in [-0.2, -0.15) is 0 Å². The lowest BCUT2D eigenvalue weighted by Crippen LogP contribution is -2.32. The Morgan fingerprint density at radius 2 is 2.30 bits per heavy atom. The van der Waals surface area contributed by atoms with Crippen molar-refractivity contribution >= 4 is 54.9 Å². The van der Waals surface area contributed by atoms with Gasteiger partial charge in [0.15, 0.2) is 6.10 Å². The van der Waals surface area contributed by atoms with Crippen molar-refractivity contribution < 1.29 is 23.1 Å². The van der Waals surface area contributed by atoms with Crippen LogP contribution in [-0.4, -0.2) is 38.2 Å². The van der Waals surface area contributed by atoms with E-state index >= 15 is 0 Å². The number of hydrogen-bond acceptors (Lipinski definition) is 5. The van der Waals surface area contributed by atoms with Crippen molar-refractivity contribution in [1.82, 2.24) is 4.72 Å². The van der Waals surface area contributed by atoms with Crippen LogP contribution in [0.5, 0.6) is 0 Å². The number of sulfonamides is 1. The Balaban J connectivity index is 1.95. The second-order valence-electron chi connectivity index (χ2n) is 4.20. The first kappa shape index (κ1) is 16.2. The van der Waals surface area contributed by atoms with Crippen molar-refractivity contribution in [2.45, 2.75) is 29.3 Å².